The number of fused-ring (bicyclic) bond motifs is 5. The van der Waals surface area contributed by atoms with Crippen molar-refractivity contribution in [2.75, 3.05) is 0 Å². The van der Waals surface area contributed by atoms with Crippen LogP contribution in [0, 0.1) is 11.8 Å². The maximum absolute atomic E-state index is 12.4. The molecule has 0 N–H and O–H groups in total. The van der Waals surface area contributed by atoms with Gasteiger partial charge in [0, 0.05) is 18.3 Å². The molecular formula is C20H24O. The molecule has 4 rings (SSSR count). The number of carbonyl (C=O) groups excluding carboxylic acids is 1. The van der Waals surface area contributed by atoms with Crippen molar-refractivity contribution in [3.05, 3.63) is 47.0 Å². The lowest BCUT2D eigenvalue weighted by atomic mass is 9.62. The summed E-state index contributed by atoms with van der Waals surface area (Å²) >= 11 is 0. The Labute approximate surface area is 127 Å². The van der Waals surface area contributed by atoms with Gasteiger partial charge in [-0.05, 0) is 54.2 Å². The van der Waals surface area contributed by atoms with Crippen molar-refractivity contribution >= 4 is 5.78 Å². The van der Waals surface area contributed by atoms with Gasteiger partial charge in [-0.2, -0.15) is 0 Å². The fourth-order valence-corrected chi connectivity index (χ4v) is 5.01. The topological polar surface area (TPSA) is 17.1 Å². The first-order chi connectivity index (χ1) is 10.2. The molecule has 1 spiro atoms. The fourth-order valence-electron chi connectivity index (χ4n) is 5.01. The normalized spacial score (nSPS) is 32.9. The minimum absolute atomic E-state index is 0.146. The minimum atomic E-state index is 0.146. The van der Waals surface area contributed by atoms with Crippen molar-refractivity contribution < 1.29 is 4.79 Å². The number of hydrogen-bond acceptors (Lipinski definition) is 1. The van der Waals surface area contributed by atoms with E-state index < -0.39 is 0 Å². The summed E-state index contributed by atoms with van der Waals surface area (Å²) < 4.78 is 0. The maximum Gasteiger partial charge on any atom is 0.138 e. The lowest BCUT2D eigenvalue weighted by Gasteiger charge is -2.40. The number of aryl methyl sites for hydroxylation is 1. The molecule has 3 aliphatic rings. The zero-order valence-electron chi connectivity index (χ0n) is 12.9. The second kappa shape index (κ2) is 4.83. The third kappa shape index (κ3) is 2.01. The minimum Gasteiger partial charge on any atom is -0.299 e. The van der Waals surface area contributed by atoms with Gasteiger partial charge in [0.15, 0.2) is 0 Å². The van der Waals surface area contributed by atoms with E-state index in [2.05, 4.69) is 37.3 Å². The lowest BCUT2D eigenvalue weighted by Crippen LogP contribution is -2.38. The van der Waals surface area contributed by atoms with Gasteiger partial charge in [0.25, 0.3) is 0 Å². The largest absolute Gasteiger partial charge is 0.299 e. The summed E-state index contributed by atoms with van der Waals surface area (Å²) in [5, 5.41) is 0. The van der Waals surface area contributed by atoms with E-state index in [1.165, 1.54) is 42.4 Å². The summed E-state index contributed by atoms with van der Waals surface area (Å²) in [5.41, 5.74) is 4.40. The summed E-state index contributed by atoms with van der Waals surface area (Å²) in [6.45, 7) is 2.23. The molecule has 3 unspecified atom stereocenters. The van der Waals surface area contributed by atoms with Crippen LogP contribution in [0.3, 0.4) is 0 Å². The molecule has 110 valence electrons. The number of unbranched alkanes of at least 4 members (excludes halogenated alkanes) is 1. The highest BCUT2D eigenvalue weighted by molar-refractivity contribution is 5.85. The van der Waals surface area contributed by atoms with Crippen LogP contribution < -0.4 is 0 Å². The zero-order chi connectivity index (χ0) is 14.4. The monoisotopic (exact) mass is 280 g/mol. The average Bonchev–Trinajstić information content (AvgIpc) is 3.05. The molecule has 3 aliphatic carbocycles. The van der Waals surface area contributed by atoms with Crippen molar-refractivity contribution in [2.45, 2.75) is 57.3 Å². The average molecular weight is 280 g/mol. The highest BCUT2D eigenvalue weighted by atomic mass is 16.1. The molecule has 1 saturated carbocycles. The molecule has 1 aromatic carbocycles. The summed E-state index contributed by atoms with van der Waals surface area (Å²) in [6.07, 6.45) is 12.3. The molecule has 1 heteroatoms. The lowest BCUT2D eigenvalue weighted by molar-refractivity contribution is -0.120. The number of hydrogen-bond donors (Lipinski definition) is 0. The van der Waals surface area contributed by atoms with Crippen LogP contribution in [0.25, 0.3) is 0 Å². The molecule has 0 heterocycles. The summed E-state index contributed by atoms with van der Waals surface area (Å²) in [5.74, 6) is 1.77. The number of rotatable bonds is 3. The smallest absolute Gasteiger partial charge is 0.138 e. The first kappa shape index (κ1) is 13.3. The number of Topliss-reactive ketones (excluding diaryl/α,β-unsaturated/α-hetero) is 1. The molecule has 1 fully saturated rings. The van der Waals surface area contributed by atoms with E-state index in [1.54, 1.807) is 0 Å². The maximum atomic E-state index is 12.4. The Hall–Kier alpha value is -1.37. The fraction of sp³-hybridized carbons (Fsp3) is 0.550. The van der Waals surface area contributed by atoms with Crippen molar-refractivity contribution in [2.24, 2.45) is 11.8 Å². The second-order valence-corrected chi connectivity index (χ2v) is 7.33. The van der Waals surface area contributed by atoms with Gasteiger partial charge in [-0.3, -0.25) is 4.79 Å². The van der Waals surface area contributed by atoms with Gasteiger partial charge in [-0.25, -0.2) is 0 Å². The highest BCUT2D eigenvalue weighted by Gasteiger charge is 2.52. The standard InChI is InChI=1S/C20H24O/c1-2-3-4-14-6-8-19-16(9-14)11-18(21)13-20(19)12-15-5-7-17(20)10-15/h5-9,15,17H,2-4,10-13H2,1H3. The van der Waals surface area contributed by atoms with Crippen molar-refractivity contribution in [3.8, 4) is 0 Å². The van der Waals surface area contributed by atoms with Gasteiger partial charge in [-0.15, -0.1) is 0 Å². The molecule has 3 atom stereocenters. The first-order valence-corrected chi connectivity index (χ1v) is 8.53. The molecule has 0 amide bonds. The number of benzene rings is 1. The Morgan fingerprint density at radius 3 is 2.90 bits per heavy atom. The molecule has 1 nitrogen and oxygen atoms in total. The molecule has 0 aliphatic heterocycles. The van der Waals surface area contributed by atoms with Crippen LogP contribution in [-0.4, -0.2) is 5.78 Å². The van der Waals surface area contributed by atoms with Crippen LogP contribution >= 0.6 is 0 Å². The third-order valence-electron chi connectivity index (χ3n) is 5.93. The summed E-state index contributed by atoms with van der Waals surface area (Å²) in [4.78, 5) is 12.4. The van der Waals surface area contributed by atoms with E-state index in [0.717, 1.165) is 12.8 Å². The first-order valence-electron chi connectivity index (χ1n) is 8.53. The Morgan fingerprint density at radius 1 is 1.29 bits per heavy atom. The van der Waals surface area contributed by atoms with Gasteiger partial charge >= 0.3 is 0 Å². The highest BCUT2D eigenvalue weighted by Crippen LogP contribution is 2.57. The van der Waals surface area contributed by atoms with E-state index in [4.69, 9.17) is 0 Å². The SMILES string of the molecule is CCCCc1ccc2c(c1)CC(=O)CC21CC2C=CC1C2. The predicted octanol–water partition coefficient (Wildman–Crippen LogP) is 4.38. The van der Waals surface area contributed by atoms with Gasteiger partial charge in [-0.1, -0.05) is 43.7 Å². The molecule has 21 heavy (non-hydrogen) atoms. The Morgan fingerprint density at radius 2 is 2.19 bits per heavy atom. The Balaban J connectivity index is 1.74. The Kier molecular flexibility index (Phi) is 3.06. The summed E-state index contributed by atoms with van der Waals surface area (Å²) in [6, 6.07) is 7.02. The number of allylic oxidation sites excluding steroid dienone is 2. The van der Waals surface area contributed by atoms with E-state index in [9.17, 15) is 4.79 Å². The van der Waals surface area contributed by atoms with E-state index in [0.29, 0.717) is 24.0 Å². The van der Waals surface area contributed by atoms with Crippen LogP contribution in [0.1, 0.15) is 55.7 Å². The van der Waals surface area contributed by atoms with Gasteiger partial charge in [0.2, 0.25) is 0 Å². The number of carbonyl (C=O) groups is 1. The van der Waals surface area contributed by atoms with Crippen molar-refractivity contribution in [1.29, 1.82) is 0 Å². The van der Waals surface area contributed by atoms with Crippen LogP contribution in [0.2, 0.25) is 0 Å². The summed E-state index contributed by atoms with van der Waals surface area (Å²) in [7, 11) is 0. The van der Waals surface area contributed by atoms with Crippen molar-refractivity contribution in [3.63, 3.8) is 0 Å². The van der Waals surface area contributed by atoms with E-state index in [-0.39, 0.29) is 5.41 Å². The van der Waals surface area contributed by atoms with Crippen LogP contribution in [0.15, 0.2) is 30.4 Å². The third-order valence-corrected chi connectivity index (χ3v) is 5.93. The van der Waals surface area contributed by atoms with Gasteiger partial charge in [0.1, 0.15) is 5.78 Å². The second-order valence-electron chi connectivity index (χ2n) is 7.33. The zero-order valence-corrected chi connectivity index (χ0v) is 12.9. The van der Waals surface area contributed by atoms with Crippen LogP contribution in [-0.2, 0) is 23.1 Å². The van der Waals surface area contributed by atoms with E-state index >= 15 is 0 Å². The number of ketones is 1. The molecule has 1 aromatic rings. The van der Waals surface area contributed by atoms with E-state index in [1.807, 2.05) is 0 Å². The van der Waals surface area contributed by atoms with Crippen molar-refractivity contribution in [1.82, 2.24) is 0 Å². The van der Waals surface area contributed by atoms with Crippen LogP contribution in [0.5, 0.6) is 0 Å². The molecule has 2 bridgehead atoms. The molecular weight excluding hydrogens is 256 g/mol. The molecule has 0 radical (unpaired) electrons. The quantitative estimate of drug-likeness (QED) is 0.751. The van der Waals surface area contributed by atoms with Gasteiger partial charge < -0.3 is 0 Å². The molecule has 0 aromatic heterocycles. The van der Waals surface area contributed by atoms with Crippen LogP contribution in [0.4, 0.5) is 0 Å². The molecule has 0 saturated heterocycles. The Bertz CT molecular complexity index is 612. The predicted molar refractivity (Wildman–Crippen MR) is 85.4 cm³/mol. The van der Waals surface area contributed by atoms with Gasteiger partial charge in [0.05, 0.1) is 0 Å².